The highest BCUT2D eigenvalue weighted by Gasteiger charge is 2.11. The van der Waals surface area contributed by atoms with Crippen LogP contribution in [0.15, 0.2) is 18.2 Å². The highest BCUT2D eigenvalue weighted by Crippen LogP contribution is 2.23. The van der Waals surface area contributed by atoms with Crippen LogP contribution in [0.4, 0.5) is 5.69 Å². The molecule has 0 bridgehead atoms. The van der Waals surface area contributed by atoms with Gasteiger partial charge in [-0.25, -0.2) is 0 Å². The molecule has 1 unspecified atom stereocenters. The monoisotopic (exact) mass is 221 g/mol. The Hall–Kier alpha value is -1.06. The molecular formula is C13H19NO2. The van der Waals surface area contributed by atoms with Crippen molar-refractivity contribution < 1.29 is 9.84 Å². The predicted molar refractivity (Wildman–Crippen MR) is 64.3 cm³/mol. The summed E-state index contributed by atoms with van der Waals surface area (Å²) >= 11 is 0. The van der Waals surface area contributed by atoms with Gasteiger partial charge in [0.05, 0.1) is 13.2 Å². The molecule has 3 heteroatoms. The molecule has 1 heterocycles. The summed E-state index contributed by atoms with van der Waals surface area (Å²) in [5.41, 5.74) is 3.74. The van der Waals surface area contributed by atoms with Crippen molar-refractivity contribution in [1.82, 2.24) is 0 Å². The maximum absolute atomic E-state index is 8.76. The Labute approximate surface area is 96.4 Å². The fraction of sp³-hybridized carbons (Fsp3) is 0.538. The van der Waals surface area contributed by atoms with Gasteiger partial charge in [-0.3, -0.25) is 0 Å². The lowest BCUT2D eigenvalue weighted by Gasteiger charge is -2.15. The number of anilines is 1. The second-order valence-corrected chi connectivity index (χ2v) is 4.39. The molecule has 2 rings (SSSR count). The third-order valence-corrected chi connectivity index (χ3v) is 2.93. The normalized spacial score (nSPS) is 15.9. The fourth-order valence-electron chi connectivity index (χ4n) is 2.02. The van der Waals surface area contributed by atoms with Gasteiger partial charge < -0.3 is 15.2 Å². The Balaban J connectivity index is 1.94. The number of ether oxygens (including phenoxy) is 1. The van der Waals surface area contributed by atoms with Crippen LogP contribution in [0, 0.1) is 0 Å². The highest BCUT2D eigenvalue weighted by molar-refractivity contribution is 5.49. The summed E-state index contributed by atoms with van der Waals surface area (Å²) in [5, 5.41) is 12.2. The van der Waals surface area contributed by atoms with Crippen molar-refractivity contribution in [1.29, 1.82) is 0 Å². The average Bonchev–Trinajstić information content (AvgIpc) is 2.73. The zero-order valence-corrected chi connectivity index (χ0v) is 9.70. The Morgan fingerprint density at radius 3 is 3.00 bits per heavy atom. The summed E-state index contributed by atoms with van der Waals surface area (Å²) < 4.78 is 5.38. The van der Waals surface area contributed by atoms with E-state index < -0.39 is 0 Å². The van der Waals surface area contributed by atoms with Gasteiger partial charge in [-0.15, -0.1) is 0 Å². The lowest BCUT2D eigenvalue weighted by molar-refractivity contribution is 0.134. The van der Waals surface area contributed by atoms with Crippen molar-refractivity contribution in [2.75, 3.05) is 11.9 Å². The van der Waals surface area contributed by atoms with Gasteiger partial charge in [-0.2, -0.15) is 0 Å². The number of aliphatic hydroxyl groups excluding tert-OH is 1. The molecule has 3 nitrogen and oxygen atoms in total. The number of aliphatic hydroxyl groups is 1. The minimum Gasteiger partial charge on any atom is -0.396 e. The molecule has 1 aliphatic rings. The summed E-state index contributed by atoms with van der Waals surface area (Å²) in [5.74, 6) is 0. The van der Waals surface area contributed by atoms with E-state index >= 15 is 0 Å². The molecule has 1 aromatic rings. The van der Waals surface area contributed by atoms with E-state index in [1.165, 1.54) is 11.1 Å². The van der Waals surface area contributed by atoms with Crippen LogP contribution in [-0.4, -0.2) is 17.8 Å². The Morgan fingerprint density at radius 2 is 2.19 bits per heavy atom. The van der Waals surface area contributed by atoms with Crippen LogP contribution >= 0.6 is 0 Å². The molecule has 88 valence electrons. The van der Waals surface area contributed by atoms with E-state index in [1.54, 1.807) is 0 Å². The first-order chi connectivity index (χ1) is 7.79. The highest BCUT2D eigenvalue weighted by atomic mass is 16.5. The first-order valence-corrected chi connectivity index (χ1v) is 5.86. The molecular weight excluding hydrogens is 202 g/mol. The molecule has 2 N–H and O–H groups in total. The fourth-order valence-corrected chi connectivity index (χ4v) is 2.02. The molecule has 0 aromatic heterocycles. The maximum atomic E-state index is 8.76. The second-order valence-electron chi connectivity index (χ2n) is 4.39. The number of hydrogen-bond acceptors (Lipinski definition) is 3. The van der Waals surface area contributed by atoms with Gasteiger partial charge >= 0.3 is 0 Å². The van der Waals surface area contributed by atoms with Gasteiger partial charge in [0, 0.05) is 18.3 Å². The molecule has 1 atom stereocenters. The average molecular weight is 221 g/mol. The van der Waals surface area contributed by atoms with Crippen LogP contribution in [0.2, 0.25) is 0 Å². The topological polar surface area (TPSA) is 41.5 Å². The zero-order valence-electron chi connectivity index (χ0n) is 9.70. The SMILES string of the molecule is CC(CCCO)Nc1ccc2c(c1)COC2. The van der Waals surface area contributed by atoms with E-state index in [4.69, 9.17) is 9.84 Å². The number of nitrogens with one attached hydrogen (secondary N) is 1. The molecule has 1 aromatic carbocycles. The standard InChI is InChI=1S/C13H19NO2/c1-10(3-2-6-15)14-13-5-4-11-8-16-9-12(11)7-13/h4-5,7,10,14-15H,2-3,6,8-9H2,1H3. The minimum absolute atomic E-state index is 0.268. The van der Waals surface area contributed by atoms with Crippen molar-refractivity contribution in [3.05, 3.63) is 29.3 Å². The molecule has 0 amide bonds. The molecule has 0 radical (unpaired) electrons. The van der Waals surface area contributed by atoms with Crippen LogP contribution in [0.1, 0.15) is 30.9 Å². The molecule has 0 spiro atoms. The van der Waals surface area contributed by atoms with Crippen LogP contribution in [0.25, 0.3) is 0 Å². The number of benzene rings is 1. The summed E-state index contributed by atoms with van der Waals surface area (Å²) in [4.78, 5) is 0. The third-order valence-electron chi connectivity index (χ3n) is 2.93. The molecule has 0 saturated heterocycles. The third kappa shape index (κ3) is 2.74. The quantitative estimate of drug-likeness (QED) is 0.801. The van der Waals surface area contributed by atoms with Crippen molar-refractivity contribution in [2.45, 2.75) is 39.0 Å². The van der Waals surface area contributed by atoms with Crippen LogP contribution < -0.4 is 5.32 Å². The smallest absolute Gasteiger partial charge is 0.0725 e. The van der Waals surface area contributed by atoms with E-state index in [0.717, 1.165) is 31.7 Å². The van der Waals surface area contributed by atoms with E-state index in [0.29, 0.717) is 6.04 Å². The van der Waals surface area contributed by atoms with Crippen molar-refractivity contribution in [3.63, 3.8) is 0 Å². The van der Waals surface area contributed by atoms with E-state index in [9.17, 15) is 0 Å². The van der Waals surface area contributed by atoms with E-state index in [-0.39, 0.29) is 6.61 Å². The van der Waals surface area contributed by atoms with Gasteiger partial charge in [0.1, 0.15) is 0 Å². The van der Waals surface area contributed by atoms with E-state index in [1.807, 2.05) is 0 Å². The summed E-state index contributed by atoms with van der Waals surface area (Å²) in [6, 6.07) is 6.79. The minimum atomic E-state index is 0.268. The van der Waals surface area contributed by atoms with Crippen molar-refractivity contribution in [3.8, 4) is 0 Å². The number of fused-ring (bicyclic) bond motifs is 1. The Morgan fingerprint density at radius 1 is 1.38 bits per heavy atom. The van der Waals surface area contributed by atoms with Crippen LogP contribution in [0.5, 0.6) is 0 Å². The van der Waals surface area contributed by atoms with Crippen LogP contribution in [0.3, 0.4) is 0 Å². The summed E-state index contributed by atoms with van der Waals surface area (Å²) in [6.45, 7) is 3.88. The molecule has 0 saturated carbocycles. The maximum Gasteiger partial charge on any atom is 0.0725 e. The van der Waals surface area contributed by atoms with E-state index in [2.05, 4.69) is 30.4 Å². The number of rotatable bonds is 5. The molecule has 0 fully saturated rings. The number of hydrogen-bond donors (Lipinski definition) is 2. The molecule has 1 aliphatic heterocycles. The van der Waals surface area contributed by atoms with Gasteiger partial charge in [0.2, 0.25) is 0 Å². The van der Waals surface area contributed by atoms with Gasteiger partial charge in [0.15, 0.2) is 0 Å². The molecule has 16 heavy (non-hydrogen) atoms. The lowest BCUT2D eigenvalue weighted by Crippen LogP contribution is -2.15. The second kappa shape index (κ2) is 5.32. The Bertz CT molecular complexity index is 352. The Kier molecular flexibility index (Phi) is 3.80. The first kappa shape index (κ1) is 11.4. The van der Waals surface area contributed by atoms with Crippen LogP contribution in [-0.2, 0) is 18.0 Å². The van der Waals surface area contributed by atoms with Gasteiger partial charge in [0.25, 0.3) is 0 Å². The predicted octanol–water partition coefficient (Wildman–Crippen LogP) is 2.29. The van der Waals surface area contributed by atoms with Crippen molar-refractivity contribution in [2.24, 2.45) is 0 Å². The largest absolute Gasteiger partial charge is 0.396 e. The summed E-state index contributed by atoms with van der Waals surface area (Å²) in [6.07, 6.45) is 1.84. The first-order valence-electron chi connectivity index (χ1n) is 5.86. The lowest BCUT2D eigenvalue weighted by atomic mass is 10.1. The van der Waals surface area contributed by atoms with Gasteiger partial charge in [-0.05, 0) is 43.0 Å². The van der Waals surface area contributed by atoms with Crippen molar-refractivity contribution >= 4 is 5.69 Å². The zero-order chi connectivity index (χ0) is 11.4. The summed E-state index contributed by atoms with van der Waals surface area (Å²) in [7, 11) is 0. The van der Waals surface area contributed by atoms with Gasteiger partial charge in [-0.1, -0.05) is 6.07 Å². The molecule has 0 aliphatic carbocycles.